The van der Waals surface area contributed by atoms with E-state index in [0.717, 1.165) is 37.1 Å². The van der Waals surface area contributed by atoms with Gasteiger partial charge in [0.1, 0.15) is 5.82 Å². The normalized spacial score (nSPS) is 20.8. The van der Waals surface area contributed by atoms with Gasteiger partial charge in [0.15, 0.2) is 0 Å². The molecule has 9 nitrogen and oxygen atoms in total. The quantitative estimate of drug-likeness (QED) is 0.759. The van der Waals surface area contributed by atoms with Crippen LogP contribution in [-0.4, -0.2) is 61.0 Å². The molecule has 0 aromatic carbocycles. The maximum Gasteiger partial charge on any atom is 0.254 e. The predicted octanol–water partition coefficient (Wildman–Crippen LogP) is 1.37. The largest absolute Gasteiger partial charge is 0.342 e. The van der Waals surface area contributed by atoms with E-state index in [0.29, 0.717) is 57.0 Å². The van der Waals surface area contributed by atoms with Gasteiger partial charge in [-0.15, -0.1) is 0 Å². The molecule has 1 N–H and O–H groups in total. The summed E-state index contributed by atoms with van der Waals surface area (Å²) in [4.78, 5) is 49.5. The third-order valence-corrected chi connectivity index (χ3v) is 7.11. The SMILES string of the molecule is Cc1ccn(CCC(=O)N2CCC(c3nc4c(c(=O)[nH]3)CCN(C(=O)C3CCC3)C4)C2)n1. The van der Waals surface area contributed by atoms with Crippen molar-refractivity contribution in [2.75, 3.05) is 19.6 Å². The summed E-state index contributed by atoms with van der Waals surface area (Å²) in [5.74, 6) is 1.11. The lowest BCUT2D eigenvalue weighted by molar-refractivity contribution is -0.139. The third-order valence-electron chi connectivity index (χ3n) is 7.11. The molecule has 4 heterocycles. The van der Waals surface area contributed by atoms with Crippen LogP contribution in [0.4, 0.5) is 0 Å². The van der Waals surface area contributed by atoms with Crippen molar-refractivity contribution in [1.29, 1.82) is 0 Å². The van der Waals surface area contributed by atoms with Crippen molar-refractivity contribution >= 4 is 11.8 Å². The molecule has 1 aliphatic carbocycles. The number of hydrogen-bond donors (Lipinski definition) is 1. The fourth-order valence-corrected chi connectivity index (χ4v) is 4.92. The molecule has 1 atom stereocenters. The van der Waals surface area contributed by atoms with Crippen LogP contribution in [-0.2, 0) is 29.1 Å². The number of likely N-dealkylation sites (tertiary alicyclic amines) is 1. The molecule has 9 heteroatoms. The molecule has 0 radical (unpaired) electrons. The number of amides is 2. The first kappa shape index (κ1) is 20.9. The van der Waals surface area contributed by atoms with Crippen LogP contribution in [0.2, 0.25) is 0 Å². The van der Waals surface area contributed by atoms with Crippen molar-refractivity contribution in [3.63, 3.8) is 0 Å². The molecule has 3 aliphatic rings. The highest BCUT2D eigenvalue weighted by Gasteiger charge is 2.34. The van der Waals surface area contributed by atoms with Gasteiger partial charge in [-0.2, -0.15) is 5.10 Å². The molecule has 1 unspecified atom stereocenters. The van der Waals surface area contributed by atoms with E-state index in [-0.39, 0.29) is 29.2 Å². The smallest absolute Gasteiger partial charge is 0.254 e. The Bertz CT molecular complexity index is 1090. The Labute approximate surface area is 186 Å². The summed E-state index contributed by atoms with van der Waals surface area (Å²) in [5.41, 5.74) is 2.27. The Morgan fingerprint density at radius 2 is 2.03 bits per heavy atom. The van der Waals surface area contributed by atoms with Gasteiger partial charge >= 0.3 is 0 Å². The lowest BCUT2D eigenvalue weighted by Gasteiger charge is -2.34. The molecule has 2 aliphatic heterocycles. The first-order chi connectivity index (χ1) is 15.5. The lowest BCUT2D eigenvalue weighted by atomic mass is 9.84. The molecule has 2 aromatic rings. The molecule has 1 saturated heterocycles. The summed E-state index contributed by atoms with van der Waals surface area (Å²) in [6, 6.07) is 1.93. The third kappa shape index (κ3) is 4.08. The highest BCUT2D eigenvalue weighted by Crippen LogP contribution is 2.30. The molecule has 2 amide bonds. The van der Waals surface area contributed by atoms with E-state index in [4.69, 9.17) is 4.98 Å². The van der Waals surface area contributed by atoms with E-state index in [1.807, 2.05) is 29.0 Å². The maximum absolute atomic E-state index is 12.7. The van der Waals surface area contributed by atoms with Crippen molar-refractivity contribution in [2.45, 2.75) is 64.5 Å². The van der Waals surface area contributed by atoms with Crippen molar-refractivity contribution in [3.05, 3.63) is 45.4 Å². The standard InChI is InChI=1S/C23H30N6O3/c1-15-5-11-29(26-15)12-8-20(30)27-9-6-17(13-27)21-24-19-14-28(23(32)16-3-2-4-16)10-7-18(19)22(31)25-21/h5,11,16-17H,2-4,6-10,12-14H2,1H3,(H,24,25,31). The van der Waals surface area contributed by atoms with Crippen LogP contribution in [0.3, 0.4) is 0 Å². The lowest BCUT2D eigenvalue weighted by Crippen LogP contribution is -2.43. The second-order valence-corrected chi connectivity index (χ2v) is 9.31. The molecule has 5 rings (SSSR count). The van der Waals surface area contributed by atoms with Crippen LogP contribution in [0, 0.1) is 12.8 Å². The van der Waals surface area contributed by atoms with Gasteiger partial charge in [-0.05, 0) is 38.7 Å². The van der Waals surface area contributed by atoms with Crippen molar-refractivity contribution in [3.8, 4) is 0 Å². The average molecular weight is 439 g/mol. The topological polar surface area (TPSA) is 104 Å². The van der Waals surface area contributed by atoms with Gasteiger partial charge < -0.3 is 14.8 Å². The minimum atomic E-state index is -0.0976. The Morgan fingerprint density at radius 1 is 1.19 bits per heavy atom. The molecular weight excluding hydrogens is 408 g/mol. The van der Waals surface area contributed by atoms with Gasteiger partial charge in [0.05, 0.1) is 17.9 Å². The van der Waals surface area contributed by atoms with E-state index in [1.54, 1.807) is 4.68 Å². The molecule has 2 fully saturated rings. The van der Waals surface area contributed by atoms with Crippen LogP contribution < -0.4 is 5.56 Å². The minimum absolute atomic E-state index is 0.0154. The van der Waals surface area contributed by atoms with E-state index in [9.17, 15) is 14.4 Å². The summed E-state index contributed by atoms with van der Waals surface area (Å²) in [6.45, 7) is 4.72. The highest BCUT2D eigenvalue weighted by molar-refractivity contribution is 5.79. The number of hydrogen-bond acceptors (Lipinski definition) is 5. The van der Waals surface area contributed by atoms with Gasteiger partial charge in [0.25, 0.3) is 5.56 Å². The summed E-state index contributed by atoms with van der Waals surface area (Å²) in [5, 5.41) is 4.33. The molecule has 0 spiro atoms. The van der Waals surface area contributed by atoms with Gasteiger partial charge in [-0.1, -0.05) is 6.42 Å². The predicted molar refractivity (Wildman–Crippen MR) is 117 cm³/mol. The zero-order valence-electron chi connectivity index (χ0n) is 18.5. The summed E-state index contributed by atoms with van der Waals surface area (Å²) in [6.07, 6.45) is 6.69. The molecule has 2 aromatic heterocycles. The zero-order chi connectivity index (χ0) is 22.2. The van der Waals surface area contributed by atoms with Crippen LogP contribution in [0.1, 0.15) is 60.8 Å². The first-order valence-corrected chi connectivity index (χ1v) is 11.7. The molecule has 170 valence electrons. The number of carbonyl (C=O) groups excluding carboxylic acids is 2. The maximum atomic E-state index is 12.7. The fraction of sp³-hybridized carbons (Fsp3) is 0.609. The molecule has 1 saturated carbocycles. The number of fused-ring (bicyclic) bond motifs is 1. The van der Waals surface area contributed by atoms with Crippen LogP contribution in [0.5, 0.6) is 0 Å². The van der Waals surface area contributed by atoms with Crippen LogP contribution in [0.15, 0.2) is 17.1 Å². The fourth-order valence-electron chi connectivity index (χ4n) is 4.92. The Hall–Kier alpha value is -2.97. The van der Waals surface area contributed by atoms with Crippen molar-refractivity contribution in [2.24, 2.45) is 5.92 Å². The molecule has 32 heavy (non-hydrogen) atoms. The van der Waals surface area contributed by atoms with Crippen LogP contribution in [0.25, 0.3) is 0 Å². The molecule has 0 bridgehead atoms. The molecular formula is C23H30N6O3. The summed E-state index contributed by atoms with van der Waals surface area (Å²) >= 11 is 0. The Kier molecular flexibility index (Phi) is 5.57. The van der Waals surface area contributed by atoms with Crippen LogP contribution >= 0.6 is 0 Å². The number of carbonyl (C=O) groups is 2. The number of aromatic amines is 1. The van der Waals surface area contributed by atoms with E-state index in [1.165, 1.54) is 0 Å². The second-order valence-electron chi connectivity index (χ2n) is 9.31. The van der Waals surface area contributed by atoms with Crippen molar-refractivity contribution < 1.29 is 9.59 Å². The average Bonchev–Trinajstić information content (AvgIpc) is 3.39. The second kappa shape index (κ2) is 8.52. The summed E-state index contributed by atoms with van der Waals surface area (Å²) < 4.78 is 1.79. The van der Waals surface area contributed by atoms with Gasteiger partial charge in [0.2, 0.25) is 11.8 Å². The van der Waals surface area contributed by atoms with Gasteiger partial charge in [-0.3, -0.25) is 19.1 Å². The van der Waals surface area contributed by atoms with Gasteiger partial charge in [-0.25, -0.2) is 4.98 Å². The monoisotopic (exact) mass is 438 g/mol. The number of nitrogens with one attached hydrogen (secondary N) is 1. The first-order valence-electron chi connectivity index (χ1n) is 11.7. The highest BCUT2D eigenvalue weighted by atomic mass is 16.2. The number of nitrogens with zero attached hydrogens (tertiary/aromatic N) is 5. The van der Waals surface area contributed by atoms with E-state index >= 15 is 0 Å². The van der Waals surface area contributed by atoms with Gasteiger partial charge in [0, 0.05) is 56.2 Å². The number of rotatable bonds is 5. The minimum Gasteiger partial charge on any atom is -0.342 e. The zero-order valence-corrected chi connectivity index (χ0v) is 18.5. The Balaban J connectivity index is 1.23. The number of H-pyrrole nitrogens is 1. The summed E-state index contributed by atoms with van der Waals surface area (Å²) in [7, 11) is 0. The van der Waals surface area contributed by atoms with Crippen molar-refractivity contribution in [1.82, 2.24) is 29.5 Å². The van der Waals surface area contributed by atoms with E-state index < -0.39 is 0 Å². The number of aryl methyl sites for hydroxylation is 2. The Morgan fingerprint density at radius 3 is 2.75 bits per heavy atom. The number of aromatic nitrogens is 4. The van der Waals surface area contributed by atoms with E-state index in [2.05, 4.69) is 10.1 Å².